The molecule has 3 heteroatoms. The molecule has 0 bridgehead atoms. The van der Waals surface area contributed by atoms with Gasteiger partial charge >= 0.3 is 5.43 Å². The van der Waals surface area contributed by atoms with Crippen molar-refractivity contribution in [3.8, 4) is 0 Å². The van der Waals surface area contributed by atoms with Crippen LogP contribution in [0.4, 0.5) is 4.79 Å². The number of halogens is 1. The Kier molecular flexibility index (Phi) is 3.11. The fourth-order valence-corrected chi connectivity index (χ4v) is 0.879. The summed E-state index contributed by atoms with van der Waals surface area (Å²) in [4.78, 5) is 10.2. The van der Waals surface area contributed by atoms with Crippen molar-refractivity contribution >= 4 is 17.0 Å². The second-order valence-corrected chi connectivity index (χ2v) is 2.82. The maximum atomic E-state index is 10.2. The number of benzene rings is 1. The minimum atomic E-state index is -0.768. The van der Waals surface area contributed by atoms with Crippen molar-refractivity contribution in [2.75, 3.05) is 0 Å². The van der Waals surface area contributed by atoms with Crippen LogP contribution in [-0.2, 0) is 11.3 Å². The minimum Gasteiger partial charge on any atom is -0.449 e. The van der Waals surface area contributed by atoms with Crippen LogP contribution in [0.25, 0.3) is 0 Å². The molecule has 0 aliphatic heterocycles. The lowest BCUT2D eigenvalue weighted by atomic mass is 10.2. The normalized spacial score (nSPS) is 9.50. The molecule has 64 valence electrons. The van der Waals surface area contributed by atoms with Crippen LogP contribution in [-0.4, -0.2) is 5.43 Å². The van der Waals surface area contributed by atoms with E-state index >= 15 is 0 Å². The first-order valence-electron chi connectivity index (χ1n) is 3.56. The average molecular weight is 185 g/mol. The third-order valence-electron chi connectivity index (χ3n) is 1.47. The zero-order valence-corrected chi connectivity index (χ0v) is 7.47. The monoisotopic (exact) mass is 184 g/mol. The van der Waals surface area contributed by atoms with Crippen LogP contribution in [0, 0.1) is 6.92 Å². The summed E-state index contributed by atoms with van der Waals surface area (Å²) in [7, 11) is 0. The predicted octanol–water partition coefficient (Wildman–Crippen LogP) is 2.87. The second-order valence-electron chi connectivity index (χ2n) is 2.51. The van der Waals surface area contributed by atoms with Gasteiger partial charge in [0.25, 0.3) is 0 Å². The minimum absolute atomic E-state index is 0.239. The van der Waals surface area contributed by atoms with Crippen LogP contribution in [0.1, 0.15) is 11.1 Å². The second kappa shape index (κ2) is 4.12. The van der Waals surface area contributed by atoms with Crippen LogP contribution in [0.2, 0.25) is 0 Å². The van der Waals surface area contributed by atoms with E-state index in [1.54, 1.807) is 0 Å². The molecule has 1 rings (SSSR count). The van der Waals surface area contributed by atoms with Gasteiger partial charge in [0.2, 0.25) is 0 Å². The van der Waals surface area contributed by atoms with E-state index < -0.39 is 5.43 Å². The molecule has 1 aromatic rings. The topological polar surface area (TPSA) is 26.3 Å². The first-order chi connectivity index (χ1) is 5.68. The van der Waals surface area contributed by atoms with Crippen molar-refractivity contribution in [1.29, 1.82) is 0 Å². The van der Waals surface area contributed by atoms with E-state index in [9.17, 15) is 4.79 Å². The van der Waals surface area contributed by atoms with Crippen LogP contribution in [0.3, 0.4) is 0 Å². The summed E-state index contributed by atoms with van der Waals surface area (Å²) in [6.07, 6.45) is 0. The fourth-order valence-electron chi connectivity index (χ4n) is 0.824. The van der Waals surface area contributed by atoms with Gasteiger partial charge in [-0.1, -0.05) is 29.8 Å². The van der Waals surface area contributed by atoms with Gasteiger partial charge in [-0.3, -0.25) is 0 Å². The van der Waals surface area contributed by atoms with E-state index in [0.717, 1.165) is 5.56 Å². The molecule has 12 heavy (non-hydrogen) atoms. The van der Waals surface area contributed by atoms with Crippen LogP contribution in [0.5, 0.6) is 0 Å². The molecule has 0 aliphatic carbocycles. The van der Waals surface area contributed by atoms with E-state index in [0.29, 0.717) is 0 Å². The van der Waals surface area contributed by atoms with Gasteiger partial charge in [-0.2, -0.15) is 0 Å². The Morgan fingerprint density at radius 2 is 2.00 bits per heavy atom. The number of hydrogen-bond donors (Lipinski definition) is 0. The molecule has 1 aromatic carbocycles. The maximum absolute atomic E-state index is 10.2. The molecule has 0 saturated carbocycles. The zero-order valence-electron chi connectivity index (χ0n) is 6.71. The first-order valence-corrected chi connectivity index (χ1v) is 3.94. The molecular weight excluding hydrogens is 176 g/mol. The first kappa shape index (κ1) is 9.07. The number of carbonyl (C=O) groups excluding carboxylic acids is 1. The van der Waals surface area contributed by atoms with Gasteiger partial charge in [0.1, 0.15) is 6.61 Å². The SMILES string of the molecule is Cc1ccc(COC(=O)Cl)cc1. The number of ether oxygens (including phenoxy) is 1. The van der Waals surface area contributed by atoms with Gasteiger partial charge in [-0.05, 0) is 12.5 Å². The van der Waals surface area contributed by atoms with E-state index in [-0.39, 0.29) is 6.61 Å². The molecule has 0 saturated heterocycles. The Morgan fingerprint density at radius 1 is 1.42 bits per heavy atom. The molecule has 0 atom stereocenters. The lowest BCUT2D eigenvalue weighted by molar-refractivity contribution is 0.167. The Balaban J connectivity index is 2.53. The van der Waals surface area contributed by atoms with Gasteiger partial charge in [0.05, 0.1) is 0 Å². The third-order valence-corrected chi connectivity index (χ3v) is 1.58. The summed E-state index contributed by atoms with van der Waals surface area (Å²) >= 11 is 5.00. The Bertz CT molecular complexity index is 266. The lowest BCUT2D eigenvalue weighted by Gasteiger charge is -2.00. The fraction of sp³-hybridized carbons (Fsp3) is 0.222. The molecule has 2 nitrogen and oxygen atoms in total. The average Bonchev–Trinajstić information content (AvgIpc) is 2.03. The van der Waals surface area contributed by atoms with E-state index in [1.165, 1.54) is 5.56 Å². The van der Waals surface area contributed by atoms with Crippen molar-refractivity contribution in [3.05, 3.63) is 35.4 Å². The van der Waals surface area contributed by atoms with Crippen LogP contribution in [0.15, 0.2) is 24.3 Å². The third kappa shape index (κ3) is 2.93. The van der Waals surface area contributed by atoms with Crippen molar-refractivity contribution in [1.82, 2.24) is 0 Å². The van der Waals surface area contributed by atoms with Crippen molar-refractivity contribution in [2.24, 2.45) is 0 Å². The van der Waals surface area contributed by atoms with E-state index in [1.807, 2.05) is 31.2 Å². The predicted molar refractivity (Wildman–Crippen MR) is 47.2 cm³/mol. The molecule has 0 fully saturated rings. The molecule has 0 amide bonds. The molecule has 0 heterocycles. The number of aryl methyl sites for hydroxylation is 1. The van der Waals surface area contributed by atoms with Gasteiger partial charge < -0.3 is 4.74 Å². The summed E-state index contributed by atoms with van der Waals surface area (Å²) in [6, 6.07) is 7.71. The summed E-state index contributed by atoms with van der Waals surface area (Å²) in [6.45, 7) is 2.24. The molecular formula is C9H9ClO2. The molecule has 0 aliphatic rings. The Morgan fingerprint density at radius 3 is 2.50 bits per heavy atom. The van der Waals surface area contributed by atoms with Crippen LogP contribution < -0.4 is 0 Å². The quantitative estimate of drug-likeness (QED) is 0.661. The molecule has 0 unspecified atom stereocenters. The van der Waals surface area contributed by atoms with Crippen LogP contribution >= 0.6 is 11.6 Å². The zero-order chi connectivity index (χ0) is 8.97. The highest BCUT2D eigenvalue weighted by Crippen LogP contribution is 2.05. The van der Waals surface area contributed by atoms with Crippen molar-refractivity contribution < 1.29 is 9.53 Å². The Labute approximate surface area is 76.1 Å². The highest BCUT2D eigenvalue weighted by Gasteiger charge is 1.96. The standard InChI is InChI=1S/C9H9ClO2/c1-7-2-4-8(5-3-7)6-12-9(10)11/h2-5H,6H2,1H3. The van der Waals surface area contributed by atoms with E-state index in [2.05, 4.69) is 4.74 Å². The number of hydrogen-bond acceptors (Lipinski definition) is 2. The summed E-state index contributed by atoms with van der Waals surface area (Å²) in [5, 5.41) is 0. The molecule has 0 aromatic heterocycles. The summed E-state index contributed by atoms with van der Waals surface area (Å²) in [5.74, 6) is 0. The maximum Gasteiger partial charge on any atom is 0.404 e. The van der Waals surface area contributed by atoms with Gasteiger partial charge in [-0.25, -0.2) is 4.79 Å². The lowest BCUT2D eigenvalue weighted by Crippen LogP contribution is -1.94. The Hall–Kier alpha value is -1.02. The highest BCUT2D eigenvalue weighted by atomic mass is 35.5. The van der Waals surface area contributed by atoms with E-state index in [4.69, 9.17) is 11.6 Å². The highest BCUT2D eigenvalue weighted by molar-refractivity contribution is 6.61. The molecule has 0 N–H and O–H groups in total. The van der Waals surface area contributed by atoms with Crippen molar-refractivity contribution in [2.45, 2.75) is 13.5 Å². The van der Waals surface area contributed by atoms with Gasteiger partial charge in [-0.15, -0.1) is 0 Å². The number of rotatable bonds is 2. The van der Waals surface area contributed by atoms with Gasteiger partial charge in [0.15, 0.2) is 0 Å². The van der Waals surface area contributed by atoms with Crippen molar-refractivity contribution in [3.63, 3.8) is 0 Å². The van der Waals surface area contributed by atoms with Gasteiger partial charge in [0, 0.05) is 11.6 Å². The largest absolute Gasteiger partial charge is 0.449 e. The number of carbonyl (C=O) groups is 1. The molecule has 0 radical (unpaired) electrons. The summed E-state index contributed by atoms with van der Waals surface area (Å²) < 4.78 is 4.59. The summed E-state index contributed by atoms with van der Waals surface area (Å²) in [5.41, 5.74) is 1.35. The smallest absolute Gasteiger partial charge is 0.404 e. The molecule has 0 spiro atoms.